The van der Waals surface area contributed by atoms with Crippen LogP contribution in [-0.4, -0.2) is 20.5 Å². The number of thiol groups is 1. The van der Waals surface area contributed by atoms with E-state index in [-0.39, 0.29) is 5.82 Å². The molecule has 0 bridgehead atoms. The summed E-state index contributed by atoms with van der Waals surface area (Å²) in [5.41, 5.74) is 0. The summed E-state index contributed by atoms with van der Waals surface area (Å²) >= 11 is 4.18. The number of hydrogen-bond acceptors (Lipinski definition) is 4. The molecule has 0 saturated carbocycles. The third-order valence-corrected chi connectivity index (χ3v) is 3.18. The van der Waals surface area contributed by atoms with E-state index in [1.165, 1.54) is 38.2 Å². The summed E-state index contributed by atoms with van der Waals surface area (Å²) in [5, 5.41) is 14.3. The number of rotatable bonds is 10. The van der Waals surface area contributed by atoms with Crippen LogP contribution in [0, 0.1) is 10.1 Å². The molecule has 0 fully saturated rings. The second kappa shape index (κ2) is 8.97. The van der Waals surface area contributed by atoms with Gasteiger partial charge in [0.2, 0.25) is 0 Å². The Morgan fingerprint density at radius 3 is 2.33 bits per heavy atom. The molecule has 5 nitrogen and oxygen atoms in total. The SMILES string of the molecule is O=[N+]([O-])c1ccn(CCCCCCCCCS)n1. The Kier molecular flexibility index (Phi) is 7.48. The van der Waals surface area contributed by atoms with Gasteiger partial charge in [0.1, 0.15) is 0 Å². The summed E-state index contributed by atoms with van der Waals surface area (Å²) in [6, 6.07) is 1.44. The zero-order valence-corrected chi connectivity index (χ0v) is 11.5. The zero-order chi connectivity index (χ0) is 13.2. The molecule has 1 heterocycles. The first-order chi connectivity index (χ1) is 8.74. The Balaban J connectivity index is 2.02. The molecule has 0 spiro atoms. The zero-order valence-electron chi connectivity index (χ0n) is 10.6. The van der Waals surface area contributed by atoms with Gasteiger partial charge in [0.15, 0.2) is 0 Å². The fourth-order valence-electron chi connectivity index (χ4n) is 1.84. The van der Waals surface area contributed by atoms with Gasteiger partial charge in [-0.3, -0.25) is 0 Å². The molecule has 0 atom stereocenters. The van der Waals surface area contributed by atoms with Crippen molar-refractivity contribution in [1.29, 1.82) is 0 Å². The number of hydrogen-bond donors (Lipinski definition) is 1. The predicted octanol–water partition coefficient (Wildman–Crippen LogP) is 3.45. The maximum Gasteiger partial charge on any atom is 0.389 e. The van der Waals surface area contributed by atoms with Crippen LogP contribution in [0.25, 0.3) is 0 Å². The molecule has 0 aliphatic carbocycles. The first-order valence-electron chi connectivity index (χ1n) is 6.53. The van der Waals surface area contributed by atoms with Gasteiger partial charge in [-0.05, 0) is 23.5 Å². The van der Waals surface area contributed by atoms with Gasteiger partial charge >= 0.3 is 5.82 Å². The number of aryl methyl sites for hydroxylation is 1. The first-order valence-corrected chi connectivity index (χ1v) is 7.16. The fourth-order valence-corrected chi connectivity index (χ4v) is 2.07. The highest BCUT2D eigenvalue weighted by atomic mass is 32.1. The topological polar surface area (TPSA) is 61.0 Å². The molecule has 6 heteroatoms. The van der Waals surface area contributed by atoms with Crippen molar-refractivity contribution in [1.82, 2.24) is 9.78 Å². The average molecular weight is 271 g/mol. The molecule has 18 heavy (non-hydrogen) atoms. The Morgan fingerprint density at radius 2 is 1.78 bits per heavy atom. The van der Waals surface area contributed by atoms with E-state index in [0.717, 1.165) is 25.1 Å². The van der Waals surface area contributed by atoms with Crippen molar-refractivity contribution in [2.45, 2.75) is 51.5 Å². The minimum atomic E-state index is -0.460. The third kappa shape index (κ3) is 6.05. The van der Waals surface area contributed by atoms with Gasteiger partial charge in [-0.2, -0.15) is 17.3 Å². The lowest BCUT2D eigenvalue weighted by Gasteiger charge is -2.00. The van der Waals surface area contributed by atoms with Crippen LogP contribution >= 0.6 is 12.6 Å². The van der Waals surface area contributed by atoms with Crippen LogP contribution in [-0.2, 0) is 6.54 Å². The lowest BCUT2D eigenvalue weighted by Crippen LogP contribution is -1.99. The van der Waals surface area contributed by atoms with Gasteiger partial charge < -0.3 is 10.1 Å². The number of aromatic nitrogens is 2. The molecule has 1 rings (SSSR count). The summed E-state index contributed by atoms with van der Waals surface area (Å²) in [6.45, 7) is 0.768. The fraction of sp³-hybridized carbons (Fsp3) is 0.750. The smallest absolute Gasteiger partial charge is 0.358 e. The molecule has 0 saturated heterocycles. The summed E-state index contributed by atoms with van der Waals surface area (Å²) < 4.78 is 1.65. The number of nitrogens with zero attached hydrogens (tertiary/aromatic N) is 3. The first kappa shape index (κ1) is 15.0. The van der Waals surface area contributed by atoms with Crippen LogP contribution in [0.3, 0.4) is 0 Å². The molecule has 0 amide bonds. The van der Waals surface area contributed by atoms with E-state index in [0.29, 0.717) is 0 Å². The quantitative estimate of drug-likeness (QED) is 0.307. The molecule has 0 N–H and O–H groups in total. The lowest BCUT2D eigenvalue weighted by molar-refractivity contribution is -0.389. The summed E-state index contributed by atoms with van der Waals surface area (Å²) in [4.78, 5) is 9.98. The monoisotopic (exact) mass is 271 g/mol. The molecule has 1 aromatic rings. The van der Waals surface area contributed by atoms with E-state index in [1.54, 1.807) is 10.9 Å². The van der Waals surface area contributed by atoms with E-state index in [4.69, 9.17) is 0 Å². The second-order valence-corrected chi connectivity index (χ2v) is 4.84. The van der Waals surface area contributed by atoms with Gasteiger partial charge in [-0.1, -0.05) is 32.1 Å². The standard InChI is InChI=1S/C12H21N3O2S/c16-15(17)12-8-10-14(13-12)9-6-4-2-1-3-5-7-11-18/h8,10,18H,1-7,9,11H2. The molecular weight excluding hydrogens is 250 g/mol. The third-order valence-electron chi connectivity index (χ3n) is 2.86. The molecule has 0 radical (unpaired) electrons. The van der Waals surface area contributed by atoms with Gasteiger partial charge in [0.05, 0.1) is 23.9 Å². The van der Waals surface area contributed by atoms with Crippen molar-refractivity contribution in [3.8, 4) is 0 Å². The van der Waals surface area contributed by atoms with Crippen LogP contribution in [0.2, 0.25) is 0 Å². The van der Waals surface area contributed by atoms with Gasteiger partial charge in [-0.15, -0.1) is 0 Å². The van der Waals surface area contributed by atoms with Crippen molar-refractivity contribution in [2.75, 3.05) is 5.75 Å². The van der Waals surface area contributed by atoms with Gasteiger partial charge in [0, 0.05) is 0 Å². The molecule has 0 aliphatic rings. The summed E-state index contributed by atoms with van der Waals surface area (Å²) in [5.74, 6) is 0.916. The maximum absolute atomic E-state index is 10.4. The molecule has 0 unspecified atom stereocenters. The van der Waals surface area contributed by atoms with E-state index >= 15 is 0 Å². The van der Waals surface area contributed by atoms with Crippen molar-refractivity contribution in [3.63, 3.8) is 0 Å². The highest BCUT2D eigenvalue weighted by Crippen LogP contribution is 2.10. The van der Waals surface area contributed by atoms with E-state index in [1.807, 2.05) is 0 Å². The Bertz CT molecular complexity index is 355. The van der Waals surface area contributed by atoms with Gasteiger partial charge in [-0.25, -0.2) is 0 Å². The lowest BCUT2D eigenvalue weighted by atomic mass is 10.1. The molecule has 102 valence electrons. The summed E-state index contributed by atoms with van der Waals surface area (Å²) in [7, 11) is 0. The highest BCUT2D eigenvalue weighted by molar-refractivity contribution is 7.80. The Hall–Kier alpha value is -1.04. The van der Waals surface area contributed by atoms with Crippen molar-refractivity contribution >= 4 is 18.4 Å². The average Bonchev–Trinajstić information content (AvgIpc) is 2.81. The van der Waals surface area contributed by atoms with Crippen LogP contribution in [0.4, 0.5) is 5.82 Å². The minimum absolute atomic E-state index is 0.0678. The van der Waals surface area contributed by atoms with E-state index in [2.05, 4.69) is 17.7 Å². The number of nitro groups is 1. The van der Waals surface area contributed by atoms with Crippen LogP contribution in [0.5, 0.6) is 0 Å². The van der Waals surface area contributed by atoms with E-state index in [9.17, 15) is 10.1 Å². The van der Waals surface area contributed by atoms with Crippen LogP contribution < -0.4 is 0 Å². The second-order valence-electron chi connectivity index (χ2n) is 4.39. The predicted molar refractivity (Wildman–Crippen MR) is 75.1 cm³/mol. The molecule has 0 aromatic carbocycles. The molecule has 1 aromatic heterocycles. The van der Waals surface area contributed by atoms with Crippen LogP contribution in [0.15, 0.2) is 12.3 Å². The Morgan fingerprint density at radius 1 is 1.17 bits per heavy atom. The largest absolute Gasteiger partial charge is 0.389 e. The van der Waals surface area contributed by atoms with Crippen molar-refractivity contribution in [2.24, 2.45) is 0 Å². The van der Waals surface area contributed by atoms with Crippen LogP contribution in [0.1, 0.15) is 44.9 Å². The molecule has 0 aliphatic heterocycles. The van der Waals surface area contributed by atoms with Crippen molar-refractivity contribution in [3.05, 3.63) is 22.4 Å². The minimum Gasteiger partial charge on any atom is -0.358 e. The normalized spacial score (nSPS) is 10.7. The van der Waals surface area contributed by atoms with Crippen molar-refractivity contribution < 1.29 is 4.92 Å². The highest BCUT2D eigenvalue weighted by Gasteiger charge is 2.09. The number of unbranched alkanes of at least 4 members (excludes halogenated alkanes) is 6. The Labute approximate surface area is 113 Å². The molecular formula is C12H21N3O2S. The summed E-state index contributed by atoms with van der Waals surface area (Å²) in [6.07, 6.45) is 10.1. The van der Waals surface area contributed by atoms with Gasteiger partial charge in [0.25, 0.3) is 0 Å². The van der Waals surface area contributed by atoms with E-state index < -0.39 is 4.92 Å². The maximum atomic E-state index is 10.4.